The third kappa shape index (κ3) is 52.1. The highest BCUT2D eigenvalue weighted by Crippen LogP contribution is 2.16. The molecule has 0 fully saturated rings. The van der Waals surface area contributed by atoms with E-state index < -0.39 is 6.10 Å². The fraction of sp³-hybridized carbons (Fsp3) is 0.783. The van der Waals surface area contributed by atoms with Gasteiger partial charge >= 0.3 is 17.9 Å². The molecule has 0 aliphatic heterocycles. The van der Waals surface area contributed by atoms with Gasteiger partial charge in [0.05, 0.1) is 0 Å². The predicted molar refractivity (Wildman–Crippen MR) is 284 cm³/mol. The Morgan fingerprint density at radius 2 is 0.591 bits per heavy atom. The summed E-state index contributed by atoms with van der Waals surface area (Å²) in [6.45, 7) is 6.52. The lowest BCUT2D eigenvalue weighted by Gasteiger charge is -2.18. The van der Waals surface area contributed by atoms with E-state index in [1.165, 1.54) is 148 Å². The molecule has 0 radical (unpaired) electrons. The van der Waals surface area contributed by atoms with Gasteiger partial charge in [0.25, 0.3) is 0 Å². The Hall–Kier alpha value is -2.89. The number of rotatable bonds is 51. The average molecular weight is 924 g/mol. The van der Waals surface area contributed by atoms with E-state index >= 15 is 0 Å². The van der Waals surface area contributed by atoms with Gasteiger partial charge in [-0.3, -0.25) is 14.4 Å². The van der Waals surface area contributed by atoms with Crippen molar-refractivity contribution >= 4 is 17.9 Å². The first-order valence-corrected chi connectivity index (χ1v) is 28.3. The maximum atomic E-state index is 12.8. The van der Waals surface area contributed by atoms with Gasteiger partial charge in [-0.15, -0.1) is 0 Å². The van der Waals surface area contributed by atoms with Crippen LogP contribution in [0.3, 0.4) is 0 Å². The van der Waals surface area contributed by atoms with Crippen molar-refractivity contribution in [1.29, 1.82) is 0 Å². The topological polar surface area (TPSA) is 78.9 Å². The van der Waals surface area contributed by atoms with Crippen LogP contribution in [0, 0.1) is 0 Å². The van der Waals surface area contributed by atoms with E-state index in [0.717, 1.165) is 96.3 Å². The van der Waals surface area contributed by atoms with Gasteiger partial charge in [-0.25, -0.2) is 0 Å². The van der Waals surface area contributed by atoms with Gasteiger partial charge < -0.3 is 14.2 Å². The van der Waals surface area contributed by atoms with E-state index in [4.69, 9.17) is 14.2 Å². The van der Waals surface area contributed by atoms with Crippen LogP contribution in [0.25, 0.3) is 0 Å². The van der Waals surface area contributed by atoms with Gasteiger partial charge in [0.2, 0.25) is 0 Å². The molecule has 0 aliphatic carbocycles. The van der Waals surface area contributed by atoms with Gasteiger partial charge in [0.15, 0.2) is 6.10 Å². The highest BCUT2D eigenvalue weighted by Gasteiger charge is 2.19. The summed E-state index contributed by atoms with van der Waals surface area (Å²) in [5, 5.41) is 0. The number of hydrogen-bond donors (Lipinski definition) is 0. The van der Waals surface area contributed by atoms with Gasteiger partial charge in [-0.05, 0) is 64.2 Å². The molecule has 1 unspecified atom stereocenters. The van der Waals surface area contributed by atoms with Gasteiger partial charge in [-0.1, -0.05) is 261 Å². The van der Waals surface area contributed by atoms with Crippen LogP contribution in [0.1, 0.15) is 284 Å². The van der Waals surface area contributed by atoms with Crippen molar-refractivity contribution in [2.45, 2.75) is 290 Å². The molecule has 0 aromatic carbocycles. The third-order valence-electron chi connectivity index (χ3n) is 12.3. The Balaban J connectivity index is 4.37. The molecule has 382 valence electrons. The lowest BCUT2D eigenvalue weighted by molar-refractivity contribution is -0.167. The van der Waals surface area contributed by atoms with Crippen LogP contribution in [0.2, 0.25) is 0 Å². The monoisotopic (exact) mass is 923 g/mol. The zero-order chi connectivity index (χ0) is 47.9. The van der Waals surface area contributed by atoms with Crippen LogP contribution < -0.4 is 0 Å². The summed E-state index contributed by atoms with van der Waals surface area (Å²) < 4.78 is 16.8. The molecule has 66 heavy (non-hydrogen) atoms. The molecule has 0 amide bonds. The first kappa shape index (κ1) is 63.1. The summed E-state index contributed by atoms with van der Waals surface area (Å²) in [5.41, 5.74) is 0. The normalized spacial score (nSPS) is 12.5. The van der Waals surface area contributed by atoms with Crippen LogP contribution in [0.4, 0.5) is 0 Å². The summed E-state index contributed by atoms with van der Waals surface area (Å²) in [5.74, 6) is -0.903. The quantitative estimate of drug-likeness (QED) is 0.0262. The van der Waals surface area contributed by atoms with Crippen LogP contribution in [0.5, 0.6) is 0 Å². The van der Waals surface area contributed by atoms with Crippen LogP contribution in [0.15, 0.2) is 60.8 Å². The molecule has 0 N–H and O–H groups in total. The summed E-state index contributed by atoms with van der Waals surface area (Å²) in [4.78, 5) is 38.1. The maximum Gasteiger partial charge on any atom is 0.306 e. The largest absolute Gasteiger partial charge is 0.462 e. The molecular formula is C60H106O6. The Morgan fingerprint density at radius 3 is 0.924 bits per heavy atom. The van der Waals surface area contributed by atoms with E-state index in [2.05, 4.69) is 81.5 Å². The van der Waals surface area contributed by atoms with Crippen molar-refractivity contribution in [3.63, 3.8) is 0 Å². The van der Waals surface area contributed by atoms with Crippen molar-refractivity contribution in [2.24, 2.45) is 0 Å². The molecule has 6 nitrogen and oxygen atoms in total. The molecule has 0 bridgehead atoms. The number of hydrogen-bond acceptors (Lipinski definition) is 6. The Bertz CT molecular complexity index is 1200. The number of allylic oxidation sites excluding steroid dienone is 10. The van der Waals surface area contributed by atoms with E-state index in [9.17, 15) is 14.4 Å². The maximum absolute atomic E-state index is 12.8. The predicted octanol–water partition coefficient (Wildman–Crippen LogP) is 18.8. The van der Waals surface area contributed by atoms with Gasteiger partial charge in [0.1, 0.15) is 13.2 Å². The lowest BCUT2D eigenvalue weighted by atomic mass is 10.0. The Morgan fingerprint density at radius 1 is 0.318 bits per heavy atom. The van der Waals surface area contributed by atoms with Crippen molar-refractivity contribution in [3.05, 3.63) is 60.8 Å². The number of esters is 3. The molecule has 0 saturated heterocycles. The first-order valence-electron chi connectivity index (χ1n) is 28.3. The second-order valence-electron chi connectivity index (χ2n) is 18.8. The molecule has 0 aromatic heterocycles. The van der Waals surface area contributed by atoms with Gasteiger partial charge in [-0.2, -0.15) is 0 Å². The van der Waals surface area contributed by atoms with Crippen LogP contribution in [-0.2, 0) is 28.6 Å². The SMILES string of the molecule is CC/C=C\C/C=C\C/C=C\C/C=C\C/C=C\CCCCCC(=O)OCC(COC(=O)CCCCCCCCCCCCC)OC(=O)CCCCCCCCCCCCCCCCCCCC. The number of unbranched alkanes of at least 4 members (excludes halogenated alkanes) is 30. The summed E-state index contributed by atoms with van der Waals surface area (Å²) >= 11 is 0. The molecule has 1 atom stereocenters. The standard InChI is InChI=1S/C60H106O6/c1-4-7-10-13-16-19-22-24-26-28-30-32-33-35-38-41-44-47-50-53-59(62)65-56-57(55-64-58(61)52-49-46-43-40-37-21-18-15-12-9-6-3)66-60(63)54-51-48-45-42-39-36-34-31-29-27-25-23-20-17-14-11-8-5-2/h7,10,16,19,24,26,30,32,35,38,57H,4-6,8-9,11-15,17-18,20-23,25,27-29,31,33-34,36-37,39-56H2,1-3H3/b10-7-,19-16-,26-24-,32-30-,38-35-. The molecule has 0 aliphatic rings. The summed E-state index contributed by atoms with van der Waals surface area (Å²) in [6.07, 6.45) is 67.8. The van der Waals surface area contributed by atoms with Gasteiger partial charge in [0, 0.05) is 19.3 Å². The highest BCUT2D eigenvalue weighted by molar-refractivity contribution is 5.71. The van der Waals surface area contributed by atoms with Crippen LogP contribution >= 0.6 is 0 Å². The minimum absolute atomic E-state index is 0.0811. The number of ether oxygens (including phenoxy) is 3. The minimum atomic E-state index is -0.784. The summed E-state index contributed by atoms with van der Waals surface area (Å²) in [6, 6.07) is 0. The zero-order valence-corrected chi connectivity index (χ0v) is 43.7. The van der Waals surface area contributed by atoms with Crippen molar-refractivity contribution in [1.82, 2.24) is 0 Å². The molecule has 0 spiro atoms. The second-order valence-corrected chi connectivity index (χ2v) is 18.8. The van der Waals surface area contributed by atoms with Crippen molar-refractivity contribution < 1.29 is 28.6 Å². The van der Waals surface area contributed by atoms with E-state index in [0.29, 0.717) is 19.3 Å². The Labute approximate surface area is 409 Å². The second kappa shape index (κ2) is 54.7. The van der Waals surface area contributed by atoms with Crippen molar-refractivity contribution in [2.75, 3.05) is 13.2 Å². The molecule has 0 aromatic rings. The molecular weight excluding hydrogens is 817 g/mol. The fourth-order valence-electron chi connectivity index (χ4n) is 8.06. The smallest absolute Gasteiger partial charge is 0.306 e. The minimum Gasteiger partial charge on any atom is -0.462 e. The lowest BCUT2D eigenvalue weighted by Crippen LogP contribution is -2.30. The first-order chi connectivity index (χ1) is 32.5. The molecule has 6 heteroatoms. The Kier molecular flexibility index (Phi) is 52.3. The number of carbonyl (C=O) groups excluding carboxylic acids is 3. The third-order valence-corrected chi connectivity index (χ3v) is 12.3. The molecule has 0 rings (SSSR count). The highest BCUT2D eigenvalue weighted by atomic mass is 16.6. The fourth-order valence-corrected chi connectivity index (χ4v) is 8.06. The number of carbonyl (C=O) groups is 3. The summed E-state index contributed by atoms with van der Waals surface area (Å²) in [7, 11) is 0. The van der Waals surface area contributed by atoms with E-state index in [1.807, 2.05) is 0 Å². The van der Waals surface area contributed by atoms with E-state index in [-0.39, 0.29) is 31.1 Å². The molecule has 0 heterocycles. The van der Waals surface area contributed by atoms with Crippen molar-refractivity contribution in [3.8, 4) is 0 Å². The average Bonchev–Trinajstić information content (AvgIpc) is 3.31. The zero-order valence-electron chi connectivity index (χ0n) is 43.7. The molecule has 0 saturated carbocycles. The van der Waals surface area contributed by atoms with Crippen LogP contribution in [-0.4, -0.2) is 37.2 Å². The van der Waals surface area contributed by atoms with E-state index in [1.54, 1.807) is 0 Å².